The van der Waals surface area contributed by atoms with Crippen LogP contribution in [0.2, 0.25) is 0 Å². The highest BCUT2D eigenvalue weighted by molar-refractivity contribution is 6.04. The SMILES string of the molecule is COc1ccc(C(=O)Nc2cc(C)nn2-c2ccc3ccccc3n2)cc1OC. The van der Waals surface area contributed by atoms with Gasteiger partial charge in [0.25, 0.3) is 5.91 Å². The van der Waals surface area contributed by atoms with E-state index in [4.69, 9.17) is 9.47 Å². The van der Waals surface area contributed by atoms with E-state index in [0.29, 0.717) is 28.7 Å². The Labute approximate surface area is 167 Å². The molecule has 2 heterocycles. The Morgan fingerprint density at radius 3 is 2.55 bits per heavy atom. The number of amides is 1. The summed E-state index contributed by atoms with van der Waals surface area (Å²) in [6.07, 6.45) is 0. The van der Waals surface area contributed by atoms with Crippen molar-refractivity contribution in [2.75, 3.05) is 19.5 Å². The number of rotatable bonds is 5. The van der Waals surface area contributed by atoms with E-state index in [2.05, 4.69) is 15.4 Å². The fraction of sp³-hybridized carbons (Fsp3) is 0.136. The van der Waals surface area contributed by atoms with Gasteiger partial charge in [-0.25, -0.2) is 4.98 Å². The molecule has 0 spiro atoms. The molecule has 2 aromatic carbocycles. The molecule has 0 aliphatic heterocycles. The molecule has 0 saturated heterocycles. The predicted octanol–water partition coefficient (Wildman–Crippen LogP) is 4.00. The highest BCUT2D eigenvalue weighted by Crippen LogP contribution is 2.28. The van der Waals surface area contributed by atoms with Gasteiger partial charge in [-0.05, 0) is 43.3 Å². The largest absolute Gasteiger partial charge is 0.493 e. The van der Waals surface area contributed by atoms with E-state index in [0.717, 1.165) is 16.6 Å². The molecule has 0 bridgehead atoms. The summed E-state index contributed by atoms with van der Waals surface area (Å²) in [7, 11) is 3.08. The highest BCUT2D eigenvalue weighted by atomic mass is 16.5. The van der Waals surface area contributed by atoms with Crippen LogP contribution in [-0.2, 0) is 0 Å². The molecule has 0 atom stereocenters. The molecule has 4 aromatic rings. The minimum Gasteiger partial charge on any atom is -0.493 e. The normalized spacial score (nSPS) is 10.7. The van der Waals surface area contributed by atoms with Gasteiger partial charge in [0.2, 0.25) is 0 Å². The third-order valence-electron chi connectivity index (χ3n) is 4.52. The van der Waals surface area contributed by atoms with Crippen LogP contribution in [0.4, 0.5) is 5.82 Å². The molecule has 7 heteroatoms. The summed E-state index contributed by atoms with van der Waals surface area (Å²) in [5, 5.41) is 8.44. The molecule has 0 aliphatic rings. The number of anilines is 1. The Kier molecular flexibility index (Phi) is 4.87. The van der Waals surface area contributed by atoms with Gasteiger partial charge in [0.15, 0.2) is 17.3 Å². The Balaban J connectivity index is 1.67. The quantitative estimate of drug-likeness (QED) is 0.559. The van der Waals surface area contributed by atoms with Gasteiger partial charge in [-0.2, -0.15) is 9.78 Å². The molecule has 2 aromatic heterocycles. The van der Waals surface area contributed by atoms with E-state index in [1.165, 1.54) is 7.11 Å². The van der Waals surface area contributed by atoms with E-state index >= 15 is 0 Å². The molecule has 1 N–H and O–H groups in total. The summed E-state index contributed by atoms with van der Waals surface area (Å²) in [5.74, 6) is 1.92. The predicted molar refractivity (Wildman–Crippen MR) is 111 cm³/mol. The van der Waals surface area contributed by atoms with Crippen molar-refractivity contribution in [3.63, 3.8) is 0 Å². The van der Waals surface area contributed by atoms with Crippen LogP contribution >= 0.6 is 0 Å². The number of carbonyl (C=O) groups excluding carboxylic acids is 1. The van der Waals surface area contributed by atoms with Crippen LogP contribution < -0.4 is 14.8 Å². The second-order valence-electron chi connectivity index (χ2n) is 6.47. The van der Waals surface area contributed by atoms with Crippen molar-refractivity contribution in [3.05, 3.63) is 71.9 Å². The van der Waals surface area contributed by atoms with Gasteiger partial charge in [-0.3, -0.25) is 4.79 Å². The minimum absolute atomic E-state index is 0.284. The third kappa shape index (κ3) is 3.62. The molecule has 146 valence electrons. The monoisotopic (exact) mass is 388 g/mol. The van der Waals surface area contributed by atoms with Crippen molar-refractivity contribution in [1.82, 2.24) is 14.8 Å². The average Bonchev–Trinajstić information content (AvgIpc) is 3.12. The number of aromatic nitrogens is 3. The van der Waals surface area contributed by atoms with Gasteiger partial charge in [0.1, 0.15) is 5.82 Å². The number of pyridine rings is 1. The summed E-state index contributed by atoms with van der Waals surface area (Å²) >= 11 is 0. The topological polar surface area (TPSA) is 78.3 Å². The number of carbonyl (C=O) groups is 1. The van der Waals surface area contributed by atoms with Crippen LogP contribution in [0.15, 0.2) is 60.7 Å². The van der Waals surface area contributed by atoms with E-state index in [-0.39, 0.29) is 5.91 Å². The Morgan fingerprint density at radius 1 is 0.966 bits per heavy atom. The van der Waals surface area contributed by atoms with Gasteiger partial charge in [0, 0.05) is 17.0 Å². The number of aryl methyl sites for hydroxylation is 1. The maximum Gasteiger partial charge on any atom is 0.256 e. The average molecular weight is 388 g/mol. The molecule has 1 amide bonds. The summed E-state index contributed by atoms with van der Waals surface area (Å²) in [6, 6.07) is 18.5. The number of nitrogens with one attached hydrogen (secondary N) is 1. The molecule has 0 aliphatic carbocycles. The molecule has 29 heavy (non-hydrogen) atoms. The van der Waals surface area contributed by atoms with Crippen molar-refractivity contribution >= 4 is 22.6 Å². The first kappa shape index (κ1) is 18.5. The Hall–Kier alpha value is -3.87. The number of ether oxygens (including phenoxy) is 2. The number of methoxy groups -OCH3 is 2. The minimum atomic E-state index is -0.284. The molecular formula is C22H20N4O3. The number of fused-ring (bicyclic) bond motifs is 1. The Bertz CT molecular complexity index is 1200. The zero-order valence-electron chi connectivity index (χ0n) is 16.3. The fourth-order valence-corrected chi connectivity index (χ4v) is 3.10. The van der Waals surface area contributed by atoms with Crippen LogP contribution in [0.1, 0.15) is 16.1 Å². The number of benzene rings is 2. The standard InChI is InChI=1S/C22H20N4O3/c1-14-12-21(24-22(27)16-8-10-18(28-2)19(13-16)29-3)26(25-14)20-11-9-15-6-4-5-7-17(15)23-20/h4-13H,1-3H3,(H,24,27). The van der Waals surface area contributed by atoms with Crippen molar-refractivity contribution in [2.24, 2.45) is 0 Å². The maximum absolute atomic E-state index is 12.8. The van der Waals surface area contributed by atoms with Crippen molar-refractivity contribution < 1.29 is 14.3 Å². The van der Waals surface area contributed by atoms with Crippen molar-refractivity contribution in [3.8, 4) is 17.3 Å². The maximum atomic E-state index is 12.8. The molecule has 7 nitrogen and oxygen atoms in total. The molecular weight excluding hydrogens is 368 g/mol. The highest BCUT2D eigenvalue weighted by Gasteiger charge is 2.15. The van der Waals surface area contributed by atoms with Gasteiger partial charge in [-0.1, -0.05) is 18.2 Å². The first-order chi connectivity index (χ1) is 14.1. The van der Waals surface area contributed by atoms with E-state index in [1.807, 2.05) is 43.3 Å². The first-order valence-corrected chi connectivity index (χ1v) is 9.05. The lowest BCUT2D eigenvalue weighted by Gasteiger charge is -2.11. The lowest BCUT2D eigenvalue weighted by Crippen LogP contribution is -2.15. The van der Waals surface area contributed by atoms with E-state index in [9.17, 15) is 4.79 Å². The lowest BCUT2D eigenvalue weighted by molar-refractivity contribution is 0.102. The lowest BCUT2D eigenvalue weighted by atomic mass is 10.2. The van der Waals surface area contributed by atoms with Gasteiger partial charge < -0.3 is 14.8 Å². The molecule has 0 fully saturated rings. The van der Waals surface area contributed by atoms with Crippen molar-refractivity contribution in [2.45, 2.75) is 6.92 Å². The zero-order chi connectivity index (χ0) is 20.4. The smallest absolute Gasteiger partial charge is 0.256 e. The summed E-state index contributed by atoms with van der Waals surface area (Å²) < 4.78 is 12.1. The van der Waals surface area contributed by atoms with Crippen molar-refractivity contribution in [1.29, 1.82) is 0 Å². The fourth-order valence-electron chi connectivity index (χ4n) is 3.10. The van der Waals surface area contributed by atoms with E-state index in [1.54, 1.807) is 36.1 Å². The third-order valence-corrected chi connectivity index (χ3v) is 4.52. The Morgan fingerprint density at radius 2 is 1.76 bits per heavy atom. The first-order valence-electron chi connectivity index (χ1n) is 9.05. The second kappa shape index (κ2) is 7.63. The summed E-state index contributed by atoms with van der Waals surface area (Å²) in [6.45, 7) is 1.86. The summed E-state index contributed by atoms with van der Waals surface area (Å²) in [4.78, 5) is 17.5. The second-order valence-corrected chi connectivity index (χ2v) is 6.47. The zero-order valence-corrected chi connectivity index (χ0v) is 16.3. The van der Waals surface area contributed by atoms with Crippen LogP contribution in [0.3, 0.4) is 0 Å². The number of hydrogen-bond acceptors (Lipinski definition) is 5. The van der Waals surface area contributed by atoms with Gasteiger partial charge >= 0.3 is 0 Å². The molecule has 0 saturated carbocycles. The number of para-hydroxylation sites is 1. The van der Waals surface area contributed by atoms with E-state index < -0.39 is 0 Å². The molecule has 0 unspecified atom stereocenters. The molecule has 0 radical (unpaired) electrons. The summed E-state index contributed by atoms with van der Waals surface area (Å²) in [5.41, 5.74) is 2.07. The van der Waals surface area contributed by atoms with Crippen LogP contribution in [0, 0.1) is 6.92 Å². The van der Waals surface area contributed by atoms with Gasteiger partial charge in [0.05, 0.1) is 25.4 Å². The van der Waals surface area contributed by atoms with Gasteiger partial charge in [-0.15, -0.1) is 0 Å². The number of hydrogen-bond donors (Lipinski definition) is 1. The molecule has 4 rings (SSSR count). The van der Waals surface area contributed by atoms with Crippen LogP contribution in [0.5, 0.6) is 11.5 Å². The van der Waals surface area contributed by atoms with Crippen LogP contribution in [0.25, 0.3) is 16.7 Å². The van der Waals surface area contributed by atoms with Crippen LogP contribution in [-0.4, -0.2) is 34.9 Å². The number of nitrogens with zero attached hydrogens (tertiary/aromatic N) is 3.